The van der Waals surface area contributed by atoms with Crippen LogP contribution in [0.15, 0.2) is 6.33 Å². The summed E-state index contributed by atoms with van der Waals surface area (Å²) in [7, 11) is 0. The molecule has 0 spiro atoms. The predicted octanol–water partition coefficient (Wildman–Crippen LogP) is -0.565. The summed E-state index contributed by atoms with van der Waals surface area (Å²) in [6, 6.07) is 0.251. The fourth-order valence-electron chi connectivity index (χ4n) is 2.67. The van der Waals surface area contributed by atoms with Gasteiger partial charge in [0.2, 0.25) is 5.82 Å². The second-order valence-corrected chi connectivity index (χ2v) is 4.78. The van der Waals surface area contributed by atoms with Crippen molar-refractivity contribution >= 4 is 11.9 Å². The monoisotopic (exact) mass is 264 g/mol. The van der Waals surface area contributed by atoms with Crippen LogP contribution in [0.3, 0.4) is 0 Å². The lowest BCUT2D eigenvalue weighted by atomic mass is 10.0. The molecule has 0 unspecified atom stereocenters. The molecule has 2 saturated heterocycles. The number of hydrogen-bond donors (Lipinski definition) is 2. The van der Waals surface area contributed by atoms with Gasteiger partial charge in [-0.05, 0) is 12.8 Å². The van der Waals surface area contributed by atoms with Gasteiger partial charge in [0.1, 0.15) is 6.33 Å². The Bertz CT molecular complexity index is 466. The second kappa shape index (κ2) is 4.87. The number of piperidine rings is 1. The van der Waals surface area contributed by atoms with E-state index in [1.54, 1.807) is 4.90 Å². The van der Waals surface area contributed by atoms with Gasteiger partial charge in [0, 0.05) is 32.2 Å². The average Bonchev–Trinajstić information content (AvgIpc) is 3.09. The summed E-state index contributed by atoms with van der Waals surface area (Å²) in [5.41, 5.74) is 0. The van der Waals surface area contributed by atoms with Crippen LogP contribution < -0.4 is 5.32 Å². The van der Waals surface area contributed by atoms with E-state index in [2.05, 4.69) is 20.5 Å². The van der Waals surface area contributed by atoms with Crippen molar-refractivity contribution in [3.8, 4) is 0 Å². The summed E-state index contributed by atoms with van der Waals surface area (Å²) in [6.45, 7) is 2.78. The third-order valence-electron chi connectivity index (χ3n) is 3.70. The van der Waals surface area contributed by atoms with Crippen molar-refractivity contribution in [1.29, 1.82) is 0 Å². The molecule has 2 aliphatic heterocycles. The Morgan fingerprint density at radius 1 is 1.32 bits per heavy atom. The summed E-state index contributed by atoms with van der Waals surface area (Å²) in [4.78, 5) is 31.1. The maximum Gasteiger partial charge on any atom is 0.317 e. The number of likely N-dealkylation sites (tertiary alicyclic amines) is 1. The van der Waals surface area contributed by atoms with Gasteiger partial charge in [0.05, 0.1) is 0 Å². The van der Waals surface area contributed by atoms with Gasteiger partial charge in [0.15, 0.2) is 0 Å². The molecular formula is C11H16N6O2. The number of rotatable bonds is 2. The summed E-state index contributed by atoms with van der Waals surface area (Å²) < 4.78 is 0. The Kier molecular flexibility index (Phi) is 3.06. The summed E-state index contributed by atoms with van der Waals surface area (Å²) in [6.07, 6.45) is 2.95. The van der Waals surface area contributed by atoms with E-state index in [4.69, 9.17) is 0 Å². The number of nitrogens with zero attached hydrogens (tertiary/aromatic N) is 4. The average molecular weight is 264 g/mol. The highest BCUT2D eigenvalue weighted by Crippen LogP contribution is 2.19. The zero-order chi connectivity index (χ0) is 13.2. The van der Waals surface area contributed by atoms with E-state index in [0.717, 1.165) is 25.9 Å². The van der Waals surface area contributed by atoms with Crippen LogP contribution in [0.1, 0.15) is 23.5 Å². The summed E-state index contributed by atoms with van der Waals surface area (Å²) in [5.74, 6) is 0.152. The van der Waals surface area contributed by atoms with Gasteiger partial charge in [-0.25, -0.2) is 9.78 Å². The molecule has 0 saturated carbocycles. The third-order valence-corrected chi connectivity index (χ3v) is 3.70. The van der Waals surface area contributed by atoms with Crippen LogP contribution in [0.4, 0.5) is 4.79 Å². The van der Waals surface area contributed by atoms with Crippen molar-refractivity contribution in [2.24, 2.45) is 0 Å². The van der Waals surface area contributed by atoms with E-state index in [-0.39, 0.29) is 23.8 Å². The SMILES string of the molecule is O=C(c1ncn[nH]1)N1CCC(N2CCNC2=O)CC1. The number of H-pyrrole nitrogens is 1. The zero-order valence-electron chi connectivity index (χ0n) is 10.5. The first-order valence-electron chi connectivity index (χ1n) is 6.45. The van der Waals surface area contributed by atoms with Crippen LogP contribution in [-0.4, -0.2) is 69.1 Å². The highest BCUT2D eigenvalue weighted by atomic mass is 16.2. The minimum Gasteiger partial charge on any atom is -0.336 e. The maximum absolute atomic E-state index is 12.1. The van der Waals surface area contributed by atoms with Gasteiger partial charge in [-0.2, -0.15) is 5.10 Å². The molecule has 0 radical (unpaired) electrons. The van der Waals surface area contributed by atoms with E-state index in [1.807, 2.05) is 4.90 Å². The molecule has 8 heteroatoms. The van der Waals surface area contributed by atoms with Crippen molar-refractivity contribution in [2.45, 2.75) is 18.9 Å². The molecular weight excluding hydrogens is 248 g/mol. The van der Waals surface area contributed by atoms with Gasteiger partial charge in [-0.1, -0.05) is 0 Å². The minimum absolute atomic E-state index is 0.0139. The smallest absolute Gasteiger partial charge is 0.317 e. The molecule has 102 valence electrons. The van der Waals surface area contributed by atoms with E-state index in [1.165, 1.54) is 6.33 Å². The molecule has 0 atom stereocenters. The molecule has 3 rings (SSSR count). The highest BCUT2D eigenvalue weighted by Gasteiger charge is 2.32. The van der Waals surface area contributed by atoms with Crippen molar-refractivity contribution in [3.63, 3.8) is 0 Å². The molecule has 1 aromatic rings. The Morgan fingerprint density at radius 3 is 2.68 bits per heavy atom. The largest absolute Gasteiger partial charge is 0.336 e. The lowest BCUT2D eigenvalue weighted by Gasteiger charge is -2.35. The maximum atomic E-state index is 12.1. The Morgan fingerprint density at radius 2 is 2.11 bits per heavy atom. The highest BCUT2D eigenvalue weighted by molar-refractivity contribution is 5.90. The van der Waals surface area contributed by atoms with Crippen LogP contribution in [0.2, 0.25) is 0 Å². The molecule has 3 heterocycles. The first-order valence-corrected chi connectivity index (χ1v) is 6.45. The van der Waals surface area contributed by atoms with Crippen molar-refractivity contribution in [3.05, 3.63) is 12.2 Å². The zero-order valence-corrected chi connectivity index (χ0v) is 10.5. The van der Waals surface area contributed by atoms with Gasteiger partial charge < -0.3 is 15.1 Å². The van der Waals surface area contributed by atoms with Crippen LogP contribution >= 0.6 is 0 Å². The van der Waals surface area contributed by atoms with E-state index < -0.39 is 0 Å². The fraction of sp³-hybridized carbons (Fsp3) is 0.636. The Hall–Kier alpha value is -2.12. The predicted molar refractivity (Wildman–Crippen MR) is 65.4 cm³/mol. The van der Waals surface area contributed by atoms with Crippen molar-refractivity contribution in [2.75, 3.05) is 26.2 Å². The van der Waals surface area contributed by atoms with Gasteiger partial charge in [-0.15, -0.1) is 0 Å². The lowest BCUT2D eigenvalue weighted by Crippen LogP contribution is -2.47. The third kappa shape index (κ3) is 2.25. The molecule has 19 heavy (non-hydrogen) atoms. The molecule has 2 fully saturated rings. The molecule has 3 amide bonds. The summed E-state index contributed by atoms with van der Waals surface area (Å²) in [5, 5.41) is 9.07. The van der Waals surface area contributed by atoms with Gasteiger partial charge in [0.25, 0.3) is 5.91 Å². The number of hydrogen-bond acceptors (Lipinski definition) is 4. The first-order chi connectivity index (χ1) is 9.25. The number of nitrogens with one attached hydrogen (secondary N) is 2. The minimum atomic E-state index is -0.123. The van der Waals surface area contributed by atoms with Crippen molar-refractivity contribution < 1.29 is 9.59 Å². The number of amides is 3. The standard InChI is InChI=1S/C11H16N6O2/c18-10(9-13-7-14-15-9)16-4-1-8(2-5-16)17-6-3-12-11(17)19/h7-8H,1-6H2,(H,12,19)(H,13,14,15). The van der Waals surface area contributed by atoms with Crippen LogP contribution in [0.25, 0.3) is 0 Å². The Labute approximate surface area is 110 Å². The van der Waals surface area contributed by atoms with Gasteiger partial charge in [-0.3, -0.25) is 9.89 Å². The lowest BCUT2D eigenvalue weighted by molar-refractivity contribution is 0.0654. The topological polar surface area (TPSA) is 94.2 Å². The number of aromatic amines is 1. The Balaban J connectivity index is 1.57. The van der Waals surface area contributed by atoms with Crippen molar-refractivity contribution in [1.82, 2.24) is 30.3 Å². The molecule has 0 bridgehead atoms. The number of urea groups is 1. The number of carbonyl (C=O) groups excluding carboxylic acids is 2. The normalized spacial score (nSPS) is 20.7. The first kappa shape index (κ1) is 11.9. The number of aromatic nitrogens is 3. The van der Waals surface area contributed by atoms with E-state index in [9.17, 15) is 9.59 Å². The fourth-order valence-corrected chi connectivity index (χ4v) is 2.67. The van der Waals surface area contributed by atoms with Crippen LogP contribution in [-0.2, 0) is 0 Å². The van der Waals surface area contributed by atoms with Crippen LogP contribution in [0, 0.1) is 0 Å². The van der Waals surface area contributed by atoms with Gasteiger partial charge >= 0.3 is 6.03 Å². The molecule has 0 aromatic carbocycles. The quantitative estimate of drug-likeness (QED) is 0.748. The van der Waals surface area contributed by atoms with Crippen LogP contribution in [0.5, 0.6) is 0 Å². The molecule has 8 nitrogen and oxygen atoms in total. The van der Waals surface area contributed by atoms with E-state index >= 15 is 0 Å². The van der Waals surface area contributed by atoms with E-state index in [0.29, 0.717) is 13.1 Å². The number of carbonyl (C=O) groups is 2. The second-order valence-electron chi connectivity index (χ2n) is 4.78. The molecule has 0 aliphatic carbocycles. The molecule has 1 aromatic heterocycles. The summed E-state index contributed by atoms with van der Waals surface area (Å²) >= 11 is 0. The molecule has 2 N–H and O–H groups in total. The molecule has 2 aliphatic rings.